The fourth-order valence-corrected chi connectivity index (χ4v) is 1.74. The molecule has 1 aromatic rings. The molecule has 1 aromatic heterocycles. The molecule has 0 saturated carbocycles. The highest BCUT2D eigenvalue weighted by Crippen LogP contribution is 2.21. The maximum Gasteiger partial charge on any atom is 0.220 e. The maximum absolute atomic E-state index is 11.5. The van der Waals surface area contributed by atoms with Gasteiger partial charge in [0, 0.05) is 6.42 Å². The minimum atomic E-state index is 0.152. The van der Waals surface area contributed by atoms with Gasteiger partial charge in [0.1, 0.15) is 0 Å². The van der Waals surface area contributed by atoms with Crippen LogP contribution in [-0.4, -0.2) is 15.8 Å². The molecule has 68 valence electrons. The molecule has 2 N–H and O–H groups in total. The molecule has 0 radical (unpaired) electrons. The minimum absolute atomic E-state index is 0.152. The number of fused-ring (bicyclic) bond motifs is 1. The molecule has 0 unspecified atom stereocenters. The van der Waals surface area contributed by atoms with Crippen LogP contribution in [0.5, 0.6) is 0 Å². The third kappa shape index (κ3) is 1.28. The number of hydrogen-bond acceptors (Lipinski definition) is 4. The van der Waals surface area contributed by atoms with Crippen molar-refractivity contribution in [2.75, 3.05) is 5.73 Å². The number of rotatable bonds is 0. The van der Waals surface area contributed by atoms with Crippen LogP contribution in [0.25, 0.3) is 0 Å². The first-order chi connectivity index (χ1) is 6.18. The zero-order valence-corrected chi connectivity index (χ0v) is 7.50. The van der Waals surface area contributed by atoms with Gasteiger partial charge in [-0.3, -0.25) is 4.79 Å². The van der Waals surface area contributed by atoms with Crippen molar-refractivity contribution in [1.29, 1.82) is 0 Å². The number of nitrogens with zero attached hydrogens (tertiary/aromatic N) is 2. The summed E-state index contributed by atoms with van der Waals surface area (Å²) in [4.78, 5) is 19.6. The van der Waals surface area contributed by atoms with Gasteiger partial charge in [-0.25, -0.2) is 9.97 Å². The quantitative estimate of drug-likeness (QED) is 0.638. The van der Waals surface area contributed by atoms with Crippen LogP contribution >= 0.6 is 0 Å². The van der Waals surface area contributed by atoms with Gasteiger partial charge in [-0.2, -0.15) is 0 Å². The molecule has 4 heteroatoms. The molecule has 0 spiro atoms. The van der Waals surface area contributed by atoms with E-state index in [9.17, 15) is 4.79 Å². The highest BCUT2D eigenvalue weighted by molar-refractivity contribution is 5.99. The van der Waals surface area contributed by atoms with Crippen molar-refractivity contribution >= 4 is 11.7 Å². The monoisotopic (exact) mass is 177 g/mol. The molecular weight excluding hydrogens is 166 g/mol. The second-order valence-electron chi connectivity index (χ2n) is 3.27. The van der Waals surface area contributed by atoms with Gasteiger partial charge in [0.05, 0.1) is 17.0 Å². The fraction of sp³-hybridized carbons (Fsp3) is 0.444. The molecule has 0 aromatic carbocycles. The summed E-state index contributed by atoms with van der Waals surface area (Å²) in [6, 6.07) is 0. The van der Waals surface area contributed by atoms with Crippen LogP contribution in [0.15, 0.2) is 0 Å². The molecule has 4 nitrogen and oxygen atoms in total. The van der Waals surface area contributed by atoms with Crippen molar-refractivity contribution in [1.82, 2.24) is 9.97 Å². The lowest BCUT2D eigenvalue weighted by molar-refractivity contribution is 0.0970. The predicted molar refractivity (Wildman–Crippen MR) is 48.4 cm³/mol. The van der Waals surface area contributed by atoms with E-state index in [1.165, 1.54) is 0 Å². The van der Waals surface area contributed by atoms with Gasteiger partial charge in [-0.15, -0.1) is 0 Å². The summed E-state index contributed by atoms with van der Waals surface area (Å²) in [5, 5.41) is 0. The zero-order valence-electron chi connectivity index (χ0n) is 7.50. The molecule has 0 amide bonds. The summed E-state index contributed by atoms with van der Waals surface area (Å²) in [6.07, 6.45) is 2.33. The summed E-state index contributed by atoms with van der Waals surface area (Å²) in [5.74, 6) is 0.421. The first-order valence-corrected chi connectivity index (χ1v) is 4.34. The number of hydrogen-bond donors (Lipinski definition) is 1. The number of anilines is 1. The Labute approximate surface area is 76.2 Å². The summed E-state index contributed by atoms with van der Waals surface area (Å²) < 4.78 is 0. The number of aromatic nitrogens is 2. The average molecular weight is 177 g/mol. The SMILES string of the molecule is Cc1nc(N)nc2c1C(=O)CCC2. The van der Waals surface area contributed by atoms with Crippen LogP contribution < -0.4 is 5.73 Å². The molecule has 1 aliphatic carbocycles. The highest BCUT2D eigenvalue weighted by atomic mass is 16.1. The van der Waals surface area contributed by atoms with Gasteiger partial charge < -0.3 is 5.73 Å². The van der Waals surface area contributed by atoms with Crippen LogP contribution in [0.4, 0.5) is 5.95 Å². The van der Waals surface area contributed by atoms with Crippen molar-refractivity contribution in [3.63, 3.8) is 0 Å². The minimum Gasteiger partial charge on any atom is -0.368 e. The average Bonchev–Trinajstić information content (AvgIpc) is 2.02. The van der Waals surface area contributed by atoms with Crippen molar-refractivity contribution in [2.24, 2.45) is 0 Å². The normalized spacial score (nSPS) is 15.6. The van der Waals surface area contributed by atoms with Gasteiger partial charge in [-0.1, -0.05) is 0 Å². The van der Waals surface area contributed by atoms with Gasteiger partial charge in [0.2, 0.25) is 5.95 Å². The van der Waals surface area contributed by atoms with Crippen molar-refractivity contribution in [3.8, 4) is 0 Å². The van der Waals surface area contributed by atoms with Crippen LogP contribution in [-0.2, 0) is 6.42 Å². The predicted octanol–water partition coefficient (Wildman–Crippen LogP) is 0.886. The summed E-state index contributed by atoms with van der Waals surface area (Å²) in [6.45, 7) is 1.81. The van der Waals surface area contributed by atoms with Crippen LogP contribution in [0, 0.1) is 6.92 Å². The number of carbonyl (C=O) groups excluding carboxylic acids is 1. The maximum atomic E-state index is 11.5. The van der Waals surface area contributed by atoms with E-state index in [0.717, 1.165) is 18.5 Å². The Kier molecular flexibility index (Phi) is 1.76. The number of nitrogens with two attached hydrogens (primary N) is 1. The highest BCUT2D eigenvalue weighted by Gasteiger charge is 2.21. The van der Waals surface area contributed by atoms with E-state index in [4.69, 9.17) is 5.73 Å². The Bertz CT molecular complexity index is 373. The molecule has 0 fully saturated rings. The molecule has 1 aliphatic rings. The van der Waals surface area contributed by atoms with E-state index in [-0.39, 0.29) is 11.7 Å². The molecule has 0 saturated heterocycles. The topological polar surface area (TPSA) is 68.9 Å². The summed E-state index contributed by atoms with van der Waals surface area (Å²) >= 11 is 0. The Morgan fingerprint density at radius 3 is 2.85 bits per heavy atom. The van der Waals surface area contributed by atoms with E-state index < -0.39 is 0 Å². The molecule has 0 bridgehead atoms. The largest absolute Gasteiger partial charge is 0.368 e. The molecule has 13 heavy (non-hydrogen) atoms. The second-order valence-corrected chi connectivity index (χ2v) is 3.27. The molecule has 0 aliphatic heterocycles. The smallest absolute Gasteiger partial charge is 0.220 e. The third-order valence-corrected chi connectivity index (χ3v) is 2.28. The van der Waals surface area contributed by atoms with Crippen LogP contribution in [0.3, 0.4) is 0 Å². The Morgan fingerprint density at radius 2 is 2.08 bits per heavy atom. The van der Waals surface area contributed by atoms with Crippen molar-refractivity contribution < 1.29 is 4.79 Å². The fourth-order valence-electron chi connectivity index (χ4n) is 1.74. The lowest BCUT2D eigenvalue weighted by atomic mass is 9.94. The first-order valence-electron chi connectivity index (χ1n) is 4.34. The van der Waals surface area contributed by atoms with Crippen molar-refractivity contribution in [3.05, 3.63) is 17.0 Å². The number of Topliss-reactive ketones (excluding diaryl/α,β-unsaturated/α-hetero) is 1. The Balaban J connectivity index is 2.63. The van der Waals surface area contributed by atoms with E-state index in [2.05, 4.69) is 9.97 Å². The van der Waals surface area contributed by atoms with E-state index in [1.807, 2.05) is 0 Å². The number of ketones is 1. The van der Waals surface area contributed by atoms with Gasteiger partial charge >= 0.3 is 0 Å². The van der Waals surface area contributed by atoms with Gasteiger partial charge in [0.25, 0.3) is 0 Å². The summed E-state index contributed by atoms with van der Waals surface area (Å²) in [5.41, 5.74) is 7.73. The molecule has 1 heterocycles. The number of aryl methyl sites for hydroxylation is 2. The molecular formula is C9H11N3O. The van der Waals surface area contributed by atoms with Gasteiger partial charge in [0.15, 0.2) is 5.78 Å². The van der Waals surface area contributed by atoms with Crippen LogP contribution in [0.2, 0.25) is 0 Å². The summed E-state index contributed by atoms with van der Waals surface area (Å²) in [7, 11) is 0. The van der Waals surface area contributed by atoms with E-state index in [1.54, 1.807) is 6.92 Å². The Morgan fingerprint density at radius 1 is 1.31 bits per heavy atom. The van der Waals surface area contributed by atoms with E-state index >= 15 is 0 Å². The lowest BCUT2D eigenvalue weighted by Crippen LogP contribution is -2.17. The second kappa shape index (κ2) is 2.80. The number of carbonyl (C=O) groups is 1. The van der Waals surface area contributed by atoms with Gasteiger partial charge in [-0.05, 0) is 19.8 Å². The zero-order chi connectivity index (χ0) is 9.42. The third-order valence-electron chi connectivity index (χ3n) is 2.28. The Hall–Kier alpha value is -1.45. The van der Waals surface area contributed by atoms with E-state index in [0.29, 0.717) is 17.7 Å². The standard InChI is InChI=1S/C9H11N3O/c1-5-8-6(12-9(10)11-5)3-2-4-7(8)13/h2-4H2,1H3,(H2,10,11,12). The first kappa shape index (κ1) is 8.16. The van der Waals surface area contributed by atoms with Crippen molar-refractivity contribution in [2.45, 2.75) is 26.2 Å². The lowest BCUT2D eigenvalue weighted by Gasteiger charge is -2.15. The van der Waals surface area contributed by atoms with Crippen LogP contribution in [0.1, 0.15) is 34.6 Å². The number of nitrogen functional groups attached to an aromatic ring is 1. The molecule has 0 atom stereocenters. The molecule has 2 rings (SSSR count).